The molecule has 1 saturated heterocycles. The lowest BCUT2D eigenvalue weighted by molar-refractivity contribution is 0.589. The summed E-state index contributed by atoms with van der Waals surface area (Å²) in [7, 11) is 0. The van der Waals surface area contributed by atoms with Crippen LogP contribution in [0.5, 0.6) is 0 Å². The van der Waals surface area contributed by atoms with Gasteiger partial charge in [-0.2, -0.15) is 0 Å². The van der Waals surface area contributed by atoms with Crippen molar-refractivity contribution in [3.8, 4) is 11.4 Å². The van der Waals surface area contributed by atoms with Crippen molar-refractivity contribution < 1.29 is 0 Å². The van der Waals surface area contributed by atoms with Gasteiger partial charge in [-0.1, -0.05) is 0 Å². The molecule has 0 spiro atoms. The monoisotopic (exact) mass is 240 g/mol. The topological polar surface area (TPSA) is 41.1 Å². The lowest BCUT2D eigenvalue weighted by atomic mass is 10.1. The van der Waals surface area contributed by atoms with E-state index in [4.69, 9.17) is 0 Å². The number of piperazine rings is 1. The summed E-state index contributed by atoms with van der Waals surface area (Å²) in [5.74, 6) is 0.782. The highest BCUT2D eigenvalue weighted by Crippen LogP contribution is 2.20. The summed E-state index contributed by atoms with van der Waals surface area (Å²) in [6.07, 6.45) is 3.54. The zero-order chi connectivity index (χ0) is 12.2. The summed E-state index contributed by atoms with van der Waals surface area (Å²) in [5, 5.41) is 3.36. The molecule has 4 heteroatoms. The molecule has 1 aliphatic rings. The van der Waals surface area contributed by atoms with Gasteiger partial charge in [-0.15, -0.1) is 0 Å². The van der Waals surface area contributed by atoms with E-state index in [9.17, 15) is 0 Å². The maximum atomic E-state index is 4.26. The number of benzene rings is 1. The number of hydrogen-bond donors (Lipinski definition) is 1. The second-order valence-corrected chi connectivity index (χ2v) is 4.36. The van der Waals surface area contributed by atoms with E-state index in [1.807, 2.05) is 6.07 Å². The number of anilines is 1. The smallest absolute Gasteiger partial charge is 0.159 e. The van der Waals surface area contributed by atoms with Crippen LogP contribution in [-0.2, 0) is 0 Å². The largest absolute Gasteiger partial charge is 0.369 e. The molecule has 0 radical (unpaired) electrons. The Morgan fingerprint density at radius 2 is 1.61 bits per heavy atom. The minimum absolute atomic E-state index is 0.782. The highest BCUT2D eigenvalue weighted by atomic mass is 15.2. The van der Waals surface area contributed by atoms with Crippen LogP contribution in [0.3, 0.4) is 0 Å². The van der Waals surface area contributed by atoms with Crippen molar-refractivity contribution in [1.82, 2.24) is 15.3 Å². The predicted molar refractivity (Wildman–Crippen MR) is 72.6 cm³/mol. The standard InChI is InChI=1S/C14H16N4/c1-6-16-14(17-7-1)12-2-4-13(5-3-12)18-10-8-15-9-11-18/h1-7,15H,8-11H2. The fraction of sp³-hybridized carbons (Fsp3) is 0.286. The van der Waals surface area contributed by atoms with Crippen LogP contribution in [0.2, 0.25) is 0 Å². The minimum atomic E-state index is 0.782. The van der Waals surface area contributed by atoms with E-state index in [2.05, 4.69) is 44.5 Å². The van der Waals surface area contributed by atoms with E-state index in [1.165, 1.54) is 5.69 Å². The van der Waals surface area contributed by atoms with Crippen LogP contribution >= 0.6 is 0 Å². The molecule has 18 heavy (non-hydrogen) atoms. The van der Waals surface area contributed by atoms with E-state index < -0.39 is 0 Å². The maximum Gasteiger partial charge on any atom is 0.159 e. The number of rotatable bonds is 2. The van der Waals surface area contributed by atoms with E-state index in [1.54, 1.807) is 12.4 Å². The summed E-state index contributed by atoms with van der Waals surface area (Å²) < 4.78 is 0. The van der Waals surface area contributed by atoms with Gasteiger partial charge in [0.25, 0.3) is 0 Å². The Balaban J connectivity index is 1.80. The Kier molecular flexibility index (Phi) is 3.19. The molecule has 3 rings (SSSR count). The van der Waals surface area contributed by atoms with Crippen LogP contribution in [-0.4, -0.2) is 36.1 Å². The molecule has 0 aliphatic carbocycles. The molecule has 2 heterocycles. The Hall–Kier alpha value is -1.94. The van der Waals surface area contributed by atoms with Crippen LogP contribution in [0.1, 0.15) is 0 Å². The van der Waals surface area contributed by atoms with Gasteiger partial charge in [-0.3, -0.25) is 0 Å². The third kappa shape index (κ3) is 2.33. The molecule has 1 aliphatic heterocycles. The molecule has 2 aromatic rings. The number of hydrogen-bond acceptors (Lipinski definition) is 4. The molecule has 1 fully saturated rings. The van der Waals surface area contributed by atoms with Crippen LogP contribution in [0.25, 0.3) is 11.4 Å². The molecule has 0 amide bonds. The van der Waals surface area contributed by atoms with E-state index >= 15 is 0 Å². The van der Waals surface area contributed by atoms with E-state index in [0.717, 1.165) is 37.6 Å². The van der Waals surface area contributed by atoms with Gasteiger partial charge in [0.05, 0.1) is 0 Å². The van der Waals surface area contributed by atoms with Crippen molar-refractivity contribution in [2.24, 2.45) is 0 Å². The zero-order valence-electron chi connectivity index (χ0n) is 10.2. The Morgan fingerprint density at radius 3 is 2.28 bits per heavy atom. The van der Waals surface area contributed by atoms with Crippen molar-refractivity contribution in [2.45, 2.75) is 0 Å². The molecular formula is C14H16N4. The molecule has 1 aromatic carbocycles. The lowest BCUT2D eigenvalue weighted by Crippen LogP contribution is -2.43. The van der Waals surface area contributed by atoms with Gasteiger partial charge in [0.2, 0.25) is 0 Å². The summed E-state index contributed by atoms with van der Waals surface area (Å²) in [6.45, 7) is 4.26. The molecule has 1 N–H and O–H groups in total. The normalized spacial score (nSPS) is 15.7. The van der Waals surface area contributed by atoms with Crippen molar-refractivity contribution in [3.05, 3.63) is 42.7 Å². The average Bonchev–Trinajstić information content (AvgIpc) is 2.49. The fourth-order valence-corrected chi connectivity index (χ4v) is 2.19. The van der Waals surface area contributed by atoms with Gasteiger partial charge in [-0.25, -0.2) is 9.97 Å². The maximum absolute atomic E-state index is 4.26. The number of nitrogens with zero attached hydrogens (tertiary/aromatic N) is 3. The van der Waals surface area contributed by atoms with Gasteiger partial charge in [0.1, 0.15) is 0 Å². The predicted octanol–water partition coefficient (Wildman–Crippen LogP) is 1.55. The average molecular weight is 240 g/mol. The number of nitrogens with one attached hydrogen (secondary N) is 1. The highest BCUT2D eigenvalue weighted by molar-refractivity contribution is 5.60. The van der Waals surface area contributed by atoms with Gasteiger partial charge in [0.15, 0.2) is 5.82 Å². The third-order valence-electron chi connectivity index (χ3n) is 3.17. The van der Waals surface area contributed by atoms with Gasteiger partial charge < -0.3 is 10.2 Å². The van der Waals surface area contributed by atoms with Crippen LogP contribution in [0, 0.1) is 0 Å². The first-order valence-electron chi connectivity index (χ1n) is 6.26. The highest BCUT2D eigenvalue weighted by Gasteiger charge is 2.10. The van der Waals surface area contributed by atoms with E-state index in [-0.39, 0.29) is 0 Å². The molecule has 92 valence electrons. The summed E-state index contributed by atoms with van der Waals surface area (Å²) >= 11 is 0. The van der Waals surface area contributed by atoms with Gasteiger partial charge >= 0.3 is 0 Å². The minimum Gasteiger partial charge on any atom is -0.369 e. The van der Waals surface area contributed by atoms with Gasteiger partial charge in [0, 0.05) is 49.8 Å². The van der Waals surface area contributed by atoms with Crippen LogP contribution < -0.4 is 10.2 Å². The van der Waals surface area contributed by atoms with E-state index in [0.29, 0.717) is 0 Å². The van der Waals surface area contributed by atoms with Crippen molar-refractivity contribution in [2.75, 3.05) is 31.1 Å². The first-order valence-corrected chi connectivity index (χ1v) is 6.26. The molecule has 0 atom stereocenters. The van der Waals surface area contributed by atoms with Crippen LogP contribution in [0.4, 0.5) is 5.69 Å². The van der Waals surface area contributed by atoms with Crippen molar-refractivity contribution in [1.29, 1.82) is 0 Å². The number of aromatic nitrogens is 2. The fourth-order valence-electron chi connectivity index (χ4n) is 2.19. The first-order chi connectivity index (χ1) is 8.93. The summed E-state index contributed by atoms with van der Waals surface area (Å²) in [5.41, 5.74) is 2.34. The Morgan fingerprint density at radius 1 is 0.944 bits per heavy atom. The second-order valence-electron chi connectivity index (χ2n) is 4.36. The van der Waals surface area contributed by atoms with Crippen molar-refractivity contribution in [3.63, 3.8) is 0 Å². The Bertz CT molecular complexity index is 489. The molecule has 0 unspecified atom stereocenters. The first kappa shape index (κ1) is 11.2. The zero-order valence-corrected chi connectivity index (χ0v) is 10.2. The molecule has 1 aromatic heterocycles. The third-order valence-corrected chi connectivity index (χ3v) is 3.17. The quantitative estimate of drug-likeness (QED) is 0.864. The van der Waals surface area contributed by atoms with Crippen molar-refractivity contribution >= 4 is 5.69 Å². The Labute approximate surface area is 107 Å². The second kappa shape index (κ2) is 5.14. The van der Waals surface area contributed by atoms with Crippen LogP contribution in [0.15, 0.2) is 42.7 Å². The summed E-state index contributed by atoms with van der Waals surface area (Å²) in [6, 6.07) is 10.3. The van der Waals surface area contributed by atoms with Gasteiger partial charge in [-0.05, 0) is 30.3 Å². The molecule has 4 nitrogen and oxygen atoms in total. The molecular weight excluding hydrogens is 224 g/mol. The SMILES string of the molecule is c1cnc(-c2ccc(N3CCNCC3)cc2)nc1. The lowest BCUT2D eigenvalue weighted by Gasteiger charge is -2.29. The molecule has 0 bridgehead atoms. The molecule has 0 saturated carbocycles. The summed E-state index contributed by atoms with van der Waals surface area (Å²) in [4.78, 5) is 10.9.